The van der Waals surface area contributed by atoms with Gasteiger partial charge in [0.1, 0.15) is 5.38 Å². The maximum Gasteiger partial charge on any atom is 0.242 e. The average molecular weight is 274 g/mol. The highest BCUT2D eigenvalue weighted by atomic mass is 35.5. The van der Waals surface area contributed by atoms with E-state index in [0.717, 1.165) is 17.7 Å². The van der Waals surface area contributed by atoms with Crippen LogP contribution in [0.1, 0.15) is 18.1 Å². The second kappa shape index (κ2) is 6.39. The molecule has 1 amide bonds. The van der Waals surface area contributed by atoms with Crippen molar-refractivity contribution in [3.8, 4) is 0 Å². The van der Waals surface area contributed by atoms with Crippen molar-refractivity contribution in [3.05, 3.63) is 65.7 Å². The fourth-order valence-corrected chi connectivity index (χ4v) is 1.90. The van der Waals surface area contributed by atoms with Crippen molar-refractivity contribution in [2.75, 3.05) is 5.32 Å². The molecule has 2 aromatic carbocycles. The fraction of sp³-hybridized carbons (Fsp3) is 0.188. The van der Waals surface area contributed by atoms with E-state index in [0.29, 0.717) is 0 Å². The zero-order valence-electron chi connectivity index (χ0n) is 10.8. The quantitative estimate of drug-likeness (QED) is 0.843. The minimum absolute atomic E-state index is 0.179. The molecule has 98 valence electrons. The summed E-state index contributed by atoms with van der Waals surface area (Å²) in [6, 6.07) is 17.9. The molecule has 1 N–H and O–H groups in total. The number of benzene rings is 2. The van der Waals surface area contributed by atoms with E-state index in [1.165, 1.54) is 5.56 Å². The molecule has 0 aromatic heterocycles. The Bertz CT molecular complexity index is 552. The first-order chi connectivity index (χ1) is 9.16. The highest BCUT2D eigenvalue weighted by Crippen LogP contribution is 2.19. The molecule has 19 heavy (non-hydrogen) atoms. The Morgan fingerprint density at radius 3 is 2.42 bits per heavy atom. The van der Waals surface area contributed by atoms with Gasteiger partial charge in [0.15, 0.2) is 0 Å². The highest BCUT2D eigenvalue weighted by molar-refractivity contribution is 6.32. The first-order valence-corrected chi connectivity index (χ1v) is 6.67. The van der Waals surface area contributed by atoms with Gasteiger partial charge in [-0.3, -0.25) is 4.79 Å². The monoisotopic (exact) mass is 273 g/mol. The number of hydrogen-bond acceptors (Lipinski definition) is 1. The molecule has 0 aliphatic rings. The van der Waals surface area contributed by atoms with Crippen LogP contribution in [0.4, 0.5) is 5.69 Å². The highest BCUT2D eigenvalue weighted by Gasteiger charge is 2.11. The van der Waals surface area contributed by atoms with Gasteiger partial charge in [-0.2, -0.15) is 0 Å². The Hall–Kier alpha value is -1.80. The Kier molecular flexibility index (Phi) is 4.58. The lowest BCUT2D eigenvalue weighted by Crippen LogP contribution is -2.21. The Morgan fingerprint density at radius 2 is 1.74 bits per heavy atom. The van der Waals surface area contributed by atoms with E-state index in [1.807, 2.05) is 42.5 Å². The van der Waals surface area contributed by atoms with Crippen LogP contribution in [-0.4, -0.2) is 11.3 Å². The van der Waals surface area contributed by atoms with Crippen LogP contribution < -0.4 is 5.32 Å². The number of hydrogen-bond donors (Lipinski definition) is 1. The molecular formula is C16H16ClNO. The van der Waals surface area contributed by atoms with Crippen molar-refractivity contribution in [1.82, 2.24) is 0 Å². The van der Waals surface area contributed by atoms with Gasteiger partial charge in [-0.05, 0) is 30.5 Å². The minimum atomic E-state index is -0.537. The third-order valence-corrected chi connectivity index (χ3v) is 3.07. The molecule has 0 unspecified atom stereocenters. The zero-order valence-corrected chi connectivity index (χ0v) is 11.5. The molecule has 2 rings (SSSR count). The van der Waals surface area contributed by atoms with Crippen LogP contribution in [0, 0.1) is 0 Å². The number of rotatable bonds is 4. The van der Waals surface area contributed by atoms with Crippen LogP contribution in [0.5, 0.6) is 0 Å². The summed E-state index contributed by atoms with van der Waals surface area (Å²) in [5.41, 5.74) is 3.12. The maximum absolute atomic E-state index is 11.7. The number of carbonyl (C=O) groups excluding carboxylic acids is 1. The van der Waals surface area contributed by atoms with Gasteiger partial charge in [0, 0.05) is 5.69 Å². The van der Waals surface area contributed by atoms with Crippen LogP contribution in [0.15, 0.2) is 54.6 Å². The molecule has 2 nitrogen and oxygen atoms in total. The molecular weight excluding hydrogens is 258 g/mol. The van der Waals surface area contributed by atoms with Gasteiger partial charge in [0.2, 0.25) is 5.91 Å². The molecule has 0 bridgehead atoms. The van der Waals surface area contributed by atoms with Crippen molar-refractivity contribution < 1.29 is 4.79 Å². The summed E-state index contributed by atoms with van der Waals surface area (Å²) in [5.74, 6) is -0.179. The molecule has 0 spiro atoms. The Balaban J connectivity index is 2.19. The molecule has 0 aliphatic heterocycles. The van der Waals surface area contributed by atoms with Gasteiger partial charge in [0.05, 0.1) is 0 Å². The van der Waals surface area contributed by atoms with Gasteiger partial charge in [-0.15, -0.1) is 11.6 Å². The SMILES string of the molecule is C[C@@H](Cl)C(=O)Nc1ccccc1Cc1ccccc1. The second-order valence-electron chi connectivity index (χ2n) is 4.42. The number of amides is 1. The molecule has 1 atom stereocenters. The van der Waals surface area contributed by atoms with Crippen LogP contribution in [0.2, 0.25) is 0 Å². The van der Waals surface area contributed by atoms with E-state index < -0.39 is 5.38 Å². The van der Waals surface area contributed by atoms with Gasteiger partial charge in [-0.1, -0.05) is 48.5 Å². The van der Waals surface area contributed by atoms with Gasteiger partial charge in [0.25, 0.3) is 0 Å². The standard InChI is InChI=1S/C16H16ClNO/c1-12(17)16(19)18-15-10-6-5-9-14(15)11-13-7-3-2-4-8-13/h2-10,12H,11H2,1H3,(H,18,19)/t12-/m1/s1. The van der Waals surface area contributed by atoms with Gasteiger partial charge >= 0.3 is 0 Å². The fourth-order valence-electron chi connectivity index (χ4n) is 1.84. The molecule has 0 saturated heterocycles. The summed E-state index contributed by atoms with van der Waals surface area (Å²) < 4.78 is 0. The summed E-state index contributed by atoms with van der Waals surface area (Å²) in [6.45, 7) is 1.66. The first kappa shape index (κ1) is 13.6. The third kappa shape index (κ3) is 3.83. The lowest BCUT2D eigenvalue weighted by Gasteiger charge is -2.12. The molecule has 2 aromatic rings. The summed E-state index contributed by atoms with van der Waals surface area (Å²) in [7, 11) is 0. The van der Waals surface area contributed by atoms with Crippen molar-refractivity contribution in [2.24, 2.45) is 0 Å². The molecule has 0 aliphatic carbocycles. The van der Waals surface area contributed by atoms with Crippen molar-refractivity contribution >= 4 is 23.2 Å². The number of halogens is 1. The van der Waals surface area contributed by atoms with E-state index in [2.05, 4.69) is 17.4 Å². The molecule has 3 heteroatoms. The van der Waals surface area contributed by atoms with E-state index in [4.69, 9.17) is 11.6 Å². The van der Waals surface area contributed by atoms with Crippen LogP contribution in [0.3, 0.4) is 0 Å². The van der Waals surface area contributed by atoms with Gasteiger partial charge in [-0.25, -0.2) is 0 Å². The van der Waals surface area contributed by atoms with Crippen molar-refractivity contribution in [3.63, 3.8) is 0 Å². The maximum atomic E-state index is 11.7. The van der Waals surface area contributed by atoms with Crippen molar-refractivity contribution in [1.29, 1.82) is 0 Å². The number of anilines is 1. The lowest BCUT2D eigenvalue weighted by atomic mass is 10.0. The minimum Gasteiger partial charge on any atom is -0.325 e. The summed E-state index contributed by atoms with van der Waals surface area (Å²) in [6.07, 6.45) is 0.786. The lowest BCUT2D eigenvalue weighted by molar-refractivity contribution is -0.115. The summed E-state index contributed by atoms with van der Waals surface area (Å²) >= 11 is 5.78. The topological polar surface area (TPSA) is 29.1 Å². The molecule has 0 radical (unpaired) electrons. The number of para-hydroxylation sites is 1. The van der Waals surface area contributed by atoms with Crippen LogP contribution in [0.25, 0.3) is 0 Å². The predicted molar refractivity (Wildman–Crippen MR) is 79.6 cm³/mol. The third-order valence-electron chi connectivity index (χ3n) is 2.87. The van der Waals surface area contributed by atoms with E-state index in [-0.39, 0.29) is 5.91 Å². The first-order valence-electron chi connectivity index (χ1n) is 6.23. The van der Waals surface area contributed by atoms with Crippen molar-refractivity contribution in [2.45, 2.75) is 18.7 Å². The largest absolute Gasteiger partial charge is 0.325 e. The van der Waals surface area contributed by atoms with Gasteiger partial charge < -0.3 is 5.32 Å². The number of alkyl halides is 1. The Labute approximate surface area is 118 Å². The predicted octanol–water partition coefficient (Wildman–Crippen LogP) is 3.84. The Morgan fingerprint density at radius 1 is 1.11 bits per heavy atom. The van der Waals surface area contributed by atoms with Crippen LogP contribution >= 0.6 is 11.6 Å². The van der Waals surface area contributed by atoms with E-state index in [9.17, 15) is 4.79 Å². The zero-order chi connectivity index (χ0) is 13.7. The summed E-state index contributed by atoms with van der Waals surface area (Å²) in [4.78, 5) is 11.7. The van der Waals surface area contributed by atoms with E-state index >= 15 is 0 Å². The average Bonchev–Trinajstić information content (AvgIpc) is 2.42. The smallest absolute Gasteiger partial charge is 0.242 e. The summed E-state index contributed by atoms with van der Waals surface area (Å²) in [5, 5.41) is 2.32. The molecule has 0 saturated carbocycles. The molecule has 0 fully saturated rings. The normalized spacial score (nSPS) is 11.9. The van der Waals surface area contributed by atoms with Crippen LogP contribution in [-0.2, 0) is 11.2 Å². The van der Waals surface area contributed by atoms with E-state index in [1.54, 1.807) is 6.92 Å². The second-order valence-corrected chi connectivity index (χ2v) is 5.08. The number of carbonyl (C=O) groups is 1. The molecule has 0 heterocycles. The number of nitrogens with one attached hydrogen (secondary N) is 1.